The van der Waals surface area contributed by atoms with Gasteiger partial charge in [0.05, 0.1) is 5.56 Å². The number of carbonyl (C=O) groups is 1. The van der Waals surface area contributed by atoms with Crippen LogP contribution in [0.4, 0.5) is 0 Å². The number of hydrogen-bond acceptors (Lipinski definition) is 4. The molecule has 0 spiro atoms. The molecule has 82 valence electrons. The summed E-state index contributed by atoms with van der Waals surface area (Å²) in [6.07, 6.45) is 0. The molecule has 0 aromatic heterocycles. The van der Waals surface area contributed by atoms with E-state index in [2.05, 4.69) is 0 Å². The van der Waals surface area contributed by atoms with E-state index in [0.29, 0.717) is 10.8 Å². The van der Waals surface area contributed by atoms with Gasteiger partial charge in [-0.05, 0) is 23.6 Å². The van der Waals surface area contributed by atoms with E-state index in [4.69, 9.17) is 5.11 Å². The predicted octanol–water partition coefficient (Wildman–Crippen LogP) is 1.43. The minimum atomic E-state index is -0.655. The zero-order valence-corrected chi connectivity index (χ0v) is 8.34. The molecule has 2 rings (SSSR count). The van der Waals surface area contributed by atoms with E-state index in [-0.39, 0.29) is 17.1 Å². The fourth-order valence-corrected chi connectivity index (χ4v) is 1.61. The third kappa shape index (κ3) is 1.59. The molecule has 0 saturated heterocycles. The number of aliphatic hydroxyl groups is 1. The van der Waals surface area contributed by atoms with Crippen LogP contribution >= 0.6 is 0 Å². The molecule has 0 amide bonds. The number of Topliss-reactive ketones (excluding diaryl/α,β-unsaturated/α-hetero) is 1. The van der Waals surface area contributed by atoms with E-state index in [9.17, 15) is 15.0 Å². The Morgan fingerprint density at radius 1 is 1.12 bits per heavy atom. The van der Waals surface area contributed by atoms with Gasteiger partial charge in [0.25, 0.3) is 0 Å². The van der Waals surface area contributed by atoms with Crippen LogP contribution < -0.4 is 0 Å². The third-order valence-electron chi connectivity index (χ3n) is 2.42. The molecular formula is C12H10O4. The molecule has 0 aliphatic carbocycles. The summed E-state index contributed by atoms with van der Waals surface area (Å²) in [4.78, 5) is 11.3. The normalized spacial score (nSPS) is 10.6. The van der Waals surface area contributed by atoms with Crippen molar-refractivity contribution in [1.29, 1.82) is 0 Å². The van der Waals surface area contributed by atoms with Gasteiger partial charge in [0, 0.05) is 5.39 Å². The number of hydrogen-bond donors (Lipinski definition) is 3. The summed E-state index contributed by atoms with van der Waals surface area (Å²) in [7, 11) is 0. The maximum Gasteiger partial charge on any atom is 0.191 e. The highest BCUT2D eigenvalue weighted by Gasteiger charge is 2.12. The summed E-state index contributed by atoms with van der Waals surface area (Å²) in [5.74, 6) is -0.758. The van der Waals surface area contributed by atoms with Crippen LogP contribution in [0.15, 0.2) is 30.3 Å². The monoisotopic (exact) mass is 218 g/mol. The lowest BCUT2D eigenvalue weighted by Crippen LogP contribution is -2.04. The summed E-state index contributed by atoms with van der Waals surface area (Å²) >= 11 is 0. The second-order valence-corrected chi connectivity index (χ2v) is 3.45. The number of aromatic hydroxyl groups is 2. The SMILES string of the molecule is O=C(CO)c1cc2cccc(O)c2cc1O. The number of fused-ring (bicyclic) bond motifs is 1. The van der Waals surface area contributed by atoms with Gasteiger partial charge in [-0.1, -0.05) is 12.1 Å². The van der Waals surface area contributed by atoms with Crippen molar-refractivity contribution in [2.45, 2.75) is 0 Å². The van der Waals surface area contributed by atoms with E-state index in [0.717, 1.165) is 0 Å². The number of benzene rings is 2. The molecule has 16 heavy (non-hydrogen) atoms. The molecule has 2 aromatic rings. The molecule has 0 heterocycles. The quantitative estimate of drug-likeness (QED) is 0.666. The van der Waals surface area contributed by atoms with Crippen LogP contribution in [0.5, 0.6) is 11.5 Å². The van der Waals surface area contributed by atoms with Gasteiger partial charge < -0.3 is 15.3 Å². The molecule has 0 atom stereocenters. The average molecular weight is 218 g/mol. The number of rotatable bonds is 2. The van der Waals surface area contributed by atoms with Gasteiger partial charge in [-0.15, -0.1) is 0 Å². The van der Waals surface area contributed by atoms with Crippen LogP contribution in [0.1, 0.15) is 10.4 Å². The van der Waals surface area contributed by atoms with E-state index in [1.807, 2.05) is 0 Å². The van der Waals surface area contributed by atoms with Crippen molar-refractivity contribution >= 4 is 16.6 Å². The lowest BCUT2D eigenvalue weighted by Gasteiger charge is -2.06. The smallest absolute Gasteiger partial charge is 0.191 e. The maximum absolute atomic E-state index is 11.3. The first-order chi connectivity index (χ1) is 7.63. The van der Waals surface area contributed by atoms with E-state index in [1.54, 1.807) is 12.1 Å². The summed E-state index contributed by atoms with van der Waals surface area (Å²) in [6.45, 7) is -0.655. The first kappa shape index (κ1) is 10.4. The Balaban J connectivity index is 2.72. The number of phenolic OH excluding ortho intramolecular Hbond substituents is 2. The van der Waals surface area contributed by atoms with Gasteiger partial charge in [0.2, 0.25) is 0 Å². The Morgan fingerprint density at radius 2 is 1.88 bits per heavy atom. The van der Waals surface area contributed by atoms with Crippen LogP contribution in [0.3, 0.4) is 0 Å². The van der Waals surface area contributed by atoms with E-state index < -0.39 is 12.4 Å². The zero-order chi connectivity index (χ0) is 11.7. The van der Waals surface area contributed by atoms with Crippen LogP contribution in [0, 0.1) is 0 Å². The van der Waals surface area contributed by atoms with Gasteiger partial charge in [0.15, 0.2) is 5.78 Å². The van der Waals surface area contributed by atoms with Crippen LogP contribution in [0.2, 0.25) is 0 Å². The largest absolute Gasteiger partial charge is 0.507 e. The van der Waals surface area contributed by atoms with Gasteiger partial charge in [-0.25, -0.2) is 0 Å². The van der Waals surface area contributed by atoms with Crippen molar-refractivity contribution < 1.29 is 20.1 Å². The summed E-state index contributed by atoms with van der Waals surface area (Å²) < 4.78 is 0. The molecule has 0 fully saturated rings. The van der Waals surface area contributed by atoms with Crippen molar-refractivity contribution in [3.05, 3.63) is 35.9 Å². The Morgan fingerprint density at radius 3 is 2.56 bits per heavy atom. The molecule has 4 nitrogen and oxygen atoms in total. The van der Waals surface area contributed by atoms with Crippen LogP contribution in [-0.4, -0.2) is 27.7 Å². The van der Waals surface area contributed by atoms with Crippen LogP contribution in [0.25, 0.3) is 10.8 Å². The van der Waals surface area contributed by atoms with Crippen molar-refractivity contribution in [2.75, 3.05) is 6.61 Å². The third-order valence-corrected chi connectivity index (χ3v) is 2.42. The van der Waals surface area contributed by atoms with Gasteiger partial charge in [0.1, 0.15) is 18.1 Å². The highest BCUT2D eigenvalue weighted by Crippen LogP contribution is 2.30. The first-order valence-electron chi connectivity index (χ1n) is 4.72. The van der Waals surface area contributed by atoms with Gasteiger partial charge >= 0.3 is 0 Å². The molecular weight excluding hydrogens is 208 g/mol. The molecule has 0 bridgehead atoms. The van der Waals surface area contributed by atoms with Crippen molar-refractivity contribution in [3.8, 4) is 11.5 Å². The summed E-state index contributed by atoms with van der Waals surface area (Å²) in [6, 6.07) is 7.61. The second kappa shape index (κ2) is 3.83. The fraction of sp³-hybridized carbons (Fsp3) is 0.0833. The van der Waals surface area contributed by atoms with E-state index in [1.165, 1.54) is 18.2 Å². The van der Waals surface area contributed by atoms with E-state index >= 15 is 0 Å². The van der Waals surface area contributed by atoms with Crippen molar-refractivity contribution in [2.24, 2.45) is 0 Å². The molecule has 0 unspecified atom stereocenters. The van der Waals surface area contributed by atoms with Gasteiger partial charge in [-0.3, -0.25) is 4.79 Å². The minimum absolute atomic E-state index is 0.0378. The molecule has 0 aliphatic heterocycles. The molecule has 0 saturated carbocycles. The lowest BCUT2D eigenvalue weighted by molar-refractivity contribution is 0.0901. The first-order valence-corrected chi connectivity index (χ1v) is 4.72. The minimum Gasteiger partial charge on any atom is -0.507 e. The number of carbonyl (C=O) groups excluding carboxylic acids is 1. The predicted molar refractivity (Wildman–Crippen MR) is 58.7 cm³/mol. The standard InChI is InChI=1S/C12H10O4/c13-6-12(16)9-4-7-2-1-3-10(14)8(7)5-11(9)15/h1-5,13-15H,6H2. The van der Waals surface area contributed by atoms with Crippen molar-refractivity contribution in [3.63, 3.8) is 0 Å². The van der Waals surface area contributed by atoms with Gasteiger partial charge in [-0.2, -0.15) is 0 Å². The Kier molecular flexibility index (Phi) is 2.50. The average Bonchev–Trinajstić information content (AvgIpc) is 2.29. The molecule has 0 radical (unpaired) electrons. The topological polar surface area (TPSA) is 77.8 Å². The fourth-order valence-electron chi connectivity index (χ4n) is 1.61. The number of phenols is 2. The maximum atomic E-state index is 11.3. The highest BCUT2D eigenvalue weighted by atomic mass is 16.3. The highest BCUT2D eigenvalue weighted by molar-refractivity contribution is 6.04. The molecule has 3 N–H and O–H groups in total. The van der Waals surface area contributed by atoms with Crippen LogP contribution in [-0.2, 0) is 0 Å². The summed E-state index contributed by atoms with van der Waals surface area (Å²) in [5, 5.41) is 29.0. The number of aliphatic hydroxyl groups excluding tert-OH is 1. The second-order valence-electron chi connectivity index (χ2n) is 3.45. The summed E-state index contributed by atoms with van der Waals surface area (Å²) in [5.41, 5.74) is 0.0561. The molecule has 4 heteroatoms. The zero-order valence-electron chi connectivity index (χ0n) is 8.34. The Bertz CT molecular complexity index is 560. The molecule has 2 aromatic carbocycles. The molecule has 0 aliphatic rings. The van der Waals surface area contributed by atoms with Crippen molar-refractivity contribution in [1.82, 2.24) is 0 Å². The number of ketones is 1. The lowest BCUT2D eigenvalue weighted by atomic mass is 10.0. The Hall–Kier alpha value is -2.07. The Labute approximate surface area is 91.4 Å².